The van der Waals surface area contributed by atoms with Crippen molar-refractivity contribution >= 4 is 34.4 Å². The molecule has 2 aromatic rings. The Morgan fingerprint density at radius 2 is 2.00 bits per heavy atom. The molecular formula is C15H14O3S3. The Labute approximate surface area is 134 Å². The van der Waals surface area contributed by atoms with Gasteiger partial charge in [0.25, 0.3) is 0 Å². The van der Waals surface area contributed by atoms with Crippen LogP contribution in [0.3, 0.4) is 0 Å². The lowest BCUT2D eigenvalue weighted by Gasteiger charge is -2.34. The highest BCUT2D eigenvalue weighted by atomic mass is 32.2. The Balaban J connectivity index is 1.74. The first-order valence-corrected chi connectivity index (χ1v) is 9.30. The van der Waals surface area contributed by atoms with Crippen molar-refractivity contribution in [1.82, 2.24) is 0 Å². The standard InChI is InChI=1S/C15H14O3S3/c16-13(11-4-2-7-20-11)15-9(5-8-21-15)12(18-14(15)17)10-3-1-6-19-10/h1-9,12-14,16-17H/t9-,12-,13-,14-,15+/m0/s1. The molecule has 5 atom stereocenters. The van der Waals surface area contributed by atoms with Crippen molar-refractivity contribution in [2.75, 3.05) is 0 Å². The molecule has 0 aromatic carbocycles. The molecule has 1 saturated heterocycles. The summed E-state index contributed by atoms with van der Waals surface area (Å²) in [6.07, 6.45) is 0.122. The molecule has 21 heavy (non-hydrogen) atoms. The maximum absolute atomic E-state index is 10.9. The van der Waals surface area contributed by atoms with E-state index in [0.29, 0.717) is 0 Å². The van der Waals surface area contributed by atoms with Crippen LogP contribution in [0.1, 0.15) is 22.0 Å². The molecule has 2 aliphatic heterocycles. The summed E-state index contributed by atoms with van der Waals surface area (Å²) >= 11 is 4.61. The minimum absolute atomic E-state index is 0.0340. The largest absolute Gasteiger partial charge is 0.386 e. The zero-order valence-electron chi connectivity index (χ0n) is 11.0. The summed E-state index contributed by atoms with van der Waals surface area (Å²) in [7, 11) is 0. The Bertz CT molecular complexity index is 637. The molecule has 0 unspecified atom stereocenters. The predicted molar refractivity (Wildman–Crippen MR) is 86.4 cm³/mol. The van der Waals surface area contributed by atoms with Crippen LogP contribution in [0.2, 0.25) is 0 Å². The monoisotopic (exact) mass is 338 g/mol. The quantitative estimate of drug-likeness (QED) is 0.899. The SMILES string of the molecule is O[C@H]1O[C@H](c2cccs2)[C@@H]2C=CS[C@]12[C@@H](O)c1cccs1. The lowest BCUT2D eigenvalue weighted by atomic mass is 9.84. The number of thiophene rings is 2. The molecule has 4 heterocycles. The molecule has 2 aromatic heterocycles. The van der Waals surface area contributed by atoms with Gasteiger partial charge >= 0.3 is 0 Å². The van der Waals surface area contributed by atoms with Gasteiger partial charge in [-0.3, -0.25) is 0 Å². The van der Waals surface area contributed by atoms with Gasteiger partial charge in [0.1, 0.15) is 17.0 Å². The first-order valence-electron chi connectivity index (χ1n) is 6.66. The van der Waals surface area contributed by atoms with E-state index in [4.69, 9.17) is 4.74 Å². The molecule has 1 fully saturated rings. The van der Waals surface area contributed by atoms with Crippen LogP contribution in [0.15, 0.2) is 46.5 Å². The minimum Gasteiger partial charge on any atom is -0.386 e. The molecule has 3 nitrogen and oxygen atoms in total. The Hall–Kier alpha value is -0.630. The number of rotatable bonds is 3. The lowest BCUT2D eigenvalue weighted by Crippen LogP contribution is -2.43. The van der Waals surface area contributed by atoms with Crippen LogP contribution in [0.5, 0.6) is 0 Å². The molecule has 0 radical (unpaired) electrons. The second-order valence-electron chi connectivity index (χ2n) is 5.17. The molecule has 0 saturated carbocycles. The average molecular weight is 338 g/mol. The van der Waals surface area contributed by atoms with Crippen LogP contribution in [0.25, 0.3) is 0 Å². The molecular weight excluding hydrogens is 324 g/mol. The Kier molecular flexibility index (Phi) is 3.48. The number of hydrogen-bond acceptors (Lipinski definition) is 6. The minimum atomic E-state index is -0.994. The van der Waals surface area contributed by atoms with Gasteiger partial charge in [-0.15, -0.1) is 34.4 Å². The van der Waals surface area contributed by atoms with Gasteiger partial charge in [0.15, 0.2) is 6.29 Å². The summed E-state index contributed by atoms with van der Waals surface area (Å²) in [6, 6.07) is 7.83. The number of thioether (sulfide) groups is 1. The summed E-state index contributed by atoms with van der Waals surface area (Å²) in [5.74, 6) is -0.0340. The van der Waals surface area contributed by atoms with E-state index in [9.17, 15) is 10.2 Å². The van der Waals surface area contributed by atoms with Gasteiger partial charge in [0, 0.05) is 15.7 Å². The zero-order valence-corrected chi connectivity index (χ0v) is 13.4. The maximum atomic E-state index is 10.9. The van der Waals surface area contributed by atoms with Crippen molar-refractivity contribution in [3.05, 3.63) is 56.3 Å². The third kappa shape index (κ3) is 1.98. The van der Waals surface area contributed by atoms with Crippen LogP contribution in [0, 0.1) is 5.92 Å². The number of aliphatic hydroxyl groups excluding tert-OH is 2. The highest BCUT2D eigenvalue weighted by Crippen LogP contribution is 2.61. The second-order valence-corrected chi connectivity index (χ2v) is 8.34. The van der Waals surface area contributed by atoms with Crippen LogP contribution >= 0.6 is 34.4 Å². The molecule has 4 rings (SSSR count). The van der Waals surface area contributed by atoms with Gasteiger partial charge < -0.3 is 14.9 Å². The molecule has 0 bridgehead atoms. The molecule has 0 spiro atoms. The Morgan fingerprint density at radius 1 is 1.19 bits per heavy atom. The normalized spacial score (nSPS) is 36.0. The number of hydrogen-bond donors (Lipinski definition) is 2. The zero-order chi connectivity index (χ0) is 14.4. The number of ether oxygens (including phenoxy) is 1. The maximum Gasteiger partial charge on any atom is 0.174 e. The van der Waals surface area contributed by atoms with E-state index in [1.807, 2.05) is 40.4 Å². The molecule has 0 aliphatic carbocycles. The van der Waals surface area contributed by atoms with Crippen molar-refractivity contribution in [2.24, 2.45) is 5.92 Å². The van der Waals surface area contributed by atoms with E-state index in [0.717, 1.165) is 9.75 Å². The molecule has 110 valence electrons. The highest BCUT2D eigenvalue weighted by molar-refractivity contribution is 8.03. The molecule has 6 heteroatoms. The molecule has 2 N–H and O–H groups in total. The topological polar surface area (TPSA) is 49.7 Å². The summed E-state index contributed by atoms with van der Waals surface area (Å²) in [5, 5.41) is 27.4. The van der Waals surface area contributed by atoms with E-state index < -0.39 is 17.1 Å². The fraction of sp³-hybridized carbons (Fsp3) is 0.333. The van der Waals surface area contributed by atoms with Crippen molar-refractivity contribution < 1.29 is 14.9 Å². The van der Waals surface area contributed by atoms with Crippen LogP contribution in [-0.4, -0.2) is 21.3 Å². The third-order valence-corrected chi connectivity index (χ3v) is 7.39. The number of fused-ring (bicyclic) bond motifs is 1. The van der Waals surface area contributed by atoms with Crippen LogP contribution in [0.4, 0.5) is 0 Å². The van der Waals surface area contributed by atoms with Gasteiger partial charge in [-0.05, 0) is 28.3 Å². The van der Waals surface area contributed by atoms with Crippen molar-refractivity contribution in [3.8, 4) is 0 Å². The van der Waals surface area contributed by atoms with Crippen molar-refractivity contribution in [1.29, 1.82) is 0 Å². The van der Waals surface area contributed by atoms with Crippen LogP contribution < -0.4 is 0 Å². The predicted octanol–water partition coefficient (Wildman–Crippen LogP) is 3.55. The fourth-order valence-corrected chi connectivity index (χ4v) is 6.06. The summed E-state index contributed by atoms with van der Waals surface area (Å²) in [4.78, 5) is 1.96. The van der Waals surface area contributed by atoms with Gasteiger partial charge in [-0.2, -0.15) is 0 Å². The lowest BCUT2D eigenvalue weighted by molar-refractivity contribution is -0.115. The van der Waals surface area contributed by atoms with Gasteiger partial charge in [0.2, 0.25) is 0 Å². The first-order chi connectivity index (χ1) is 10.2. The van der Waals surface area contributed by atoms with E-state index in [2.05, 4.69) is 6.08 Å². The van der Waals surface area contributed by atoms with Crippen molar-refractivity contribution in [3.63, 3.8) is 0 Å². The van der Waals surface area contributed by atoms with Gasteiger partial charge in [0.05, 0.1) is 0 Å². The summed E-state index contributed by atoms with van der Waals surface area (Å²) in [6.45, 7) is 0. The fourth-order valence-electron chi connectivity index (χ4n) is 3.11. The van der Waals surface area contributed by atoms with Crippen molar-refractivity contribution in [2.45, 2.75) is 23.2 Å². The smallest absolute Gasteiger partial charge is 0.174 e. The van der Waals surface area contributed by atoms with E-state index in [-0.39, 0.29) is 12.0 Å². The number of aliphatic hydroxyl groups is 2. The van der Waals surface area contributed by atoms with E-state index in [1.54, 1.807) is 11.3 Å². The van der Waals surface area contributed by atoms with E-state index >= 15 is 0 Å². The third-order valence-electron chi connectivity index (χ3n) is 4.13. The highest BCUT2D eigenvalue weighted by Gasteiger charge is 2.62. The summed E-state index contributed by atoms with van der Waals surface area (Å²) < 4.78 is 5.08. The van der Waals surface area contributed by atoms with Gasteiger partial charge in [-0.1, -0.05) is 18.2 Å². The first kappa shape index (κ1) is 14.0. The molecule has 2 aliphatic rings. The average Bonchev–Trinajstić information content (AvgIpc) is 3.26. The summed E-state index contributed by atoms with van der Waals surface area (Å²) in [5.41, 5.74) is 0. The second kappa shape index (κ2) is 5.22. The van der Waals surface area contributed by atoms with E-state index in [1.165, 1.54) is 23.1 Å². The molecule has 0 amide bonds. The Morgan fingerprint density at radius 3 is 2.71 bits per heavy atom. The van der Waals surface area contributed by atoms with Gasteiger partial charge in [-0.25, -0.2) is 0 Å². The van der Waals surface area contributed by atoms with Crippen LogP contribution in [-0.2, 0) is 4.74 Å².